The van der Waals surface area contributed by atoms with E-state index >= 15 is 0 Å². The number of rotatable bonds is 9. The predicted octanol–water partition coefficient (Wildman–Crippen LogP) is 5.81. The SMILES string of the molecule is CC(C)(C)c1cc(CN2CCC(CNC3(S(=O)(=O)c4ccccc4)CC3c3ccc4c(c3)CCN4)CC2)ccc1C(=O)O. The maximum absolute atomic E-state index is 14.1. The van der Waals surface area contributed by atoms with Crippen LogP contribution >= 0.6 is 0 Å². The minimum Gasteiger partial charge on any atom is -0.478 e. The number of carboxylic acid groups (broad SMARTS) is 1. The van der Waals surface area contributed by atoms with Gasteiger partial charge in [0, 0.05) is 24.7 Å². The van der Waals surface area contributed by atoms with Crippen LogP contribution in [0.4, 0.5) is 5.69 Å². The number of carbonyl (C=O) groups is 1. The van der Waals surface area contributed by atoms with Crippen molar-refractivity contribution in [1.29, 1.82) is 0 Å². The van der Waals surface area contributed by atoms with Crippen LogP contribution < -0.4 is 10.6 Å². The van der Waals surface area contributed by atoms with Crippen molar-refractivity contribution >= 4 is 21.5 Å². The van der Waals surface area contributed by atoms with Gasteiger partial charge in [-0.1, -0.05) is 63.2 Å². The number of benzene rings is 3. The molecule has 6 rings (SSSR count). The Hall–Kier alpha value is -3.20. The van der Waals surface area contributed by atoms with Crippen molar-refractivity contribution in [3.63, 3.8) is 0 Å². The zero-order valence-corrected chi connectivity index (χ0v) is 26.2. The van der Waals surface area contributed by atoms with Gasteiger partial charge in [-0.2, -0.15) is 0 Å². The van der Waals surface area contributed by atoms with E-state index in [0.29, 0.717) is 29.3 Å². The largest absolute Gasteiger partial charge is 0.478 e. The molecule has 43 heavy (non-hydrogen) atoms. The third-order valence-electron chi connectivity index (χ3n) is 9.61. The van der Waals surface area contributed by atoms with Crippen LogP contribution in [0.15, 0.2) is 71.6 Å². The molecule has 0 radical (unpaired) electrons. The fourth-order valence-corrected chi connectivity index (χ4v) is 9.10. The summed E-state index contributed by atoms with van der Waals surface area (Å²) in [6.07, 6.45) is 3.53. The van der Waals surface area contributed by atoms with E-state index in [0.717, 1.165) is 67.8 Å². The van der Waals surface area contributed by atoms with Crippen molar-refractivity contribution in [3.05, 3.63) is 94.5 Å². The summed E-state index contributed by atoms with van der Waals surface area (Å²) in [5.74, 6) is -0.568. The Bertz CT molecular complexity index is 1610. The maximum Gasteiger partial charge on any atom is 0.335 e. The lowest BCUT2D eigenvalue weighted by molar-refractivity contribution is 0.0694. The molecule has 8 heteroatoms. The summed E-state index contributed by atoms with van der Waals surface area (Å²) in [5, 5.41) is 16.7. The van der Waals surface area contributed by atoms with Crippen LogP contribution in [0.3, 0.4) is 0 Å². The van der Waals surface area contributed by atoms with Crippen LogP contribution in [0.2, 0.25) is 0 Å². The van der Waals surface area contributed by atoms with E-state index in [1.165, 1.54) is 5.56 Å². The monoisotopic (exact) mass is 601 g/mol. The summed E-state index contributed by atoms with van der Waals surface area (Å²) in [6.45, 7) is 10.4. The molecular weight excluding hydrogens is 558 g/mol. The van der Waals surface area contributed by atoms with E-state index in [1.54, 1.807) is 30.3 Å². The van der Waals surface area contributed by atoms with Crippen molar-refractivity contribution < 1.29 is 18.3 Å². The molecule has 2 atom stereocenters. The number of piperidine rings is 1. The maximum atomic E-state index is 14.1. The Morgan fingerprint density at radius 1 is 1.05 bits per heavy atom. The number of likely N-dealkylation sites (tertiary alicyclic amines) is 1. The molecule has 0 spiro atoms. The number of sulfone groups is 1. The van der Waals surface area contributed by atoms with Crippen molar-refractivity contribution in [1.82, 2.24) is 10.2 Å². The normalized spacial score (nSPS) is 22.6. The van der Waals surface area contributed by atoms with Crippen molar-refractivity contribution in [2.75, 3.05) is 31.5 Å². The molecule has 228 valence electrons. The van der Waals surface area contributed by atoms with Gasteiger partial charge in [0.15, 0.2) is 9.84 Å². The standard InChI is InChI=1S/C35H43N3O4S/c1-34(2,3)30-19-25(9-11-29(30)33(39)40)23-38-17-14-24(15-18-38)22-37-35(43(41,42)28-7-5-4-6-8-28)21-31(35)26-10-12-32-27(20-26)13-16-36-32/h4-12,19-20,24,31,36-37H,13-18,21-23H2,1-3H3,(H,39,40). The predicted molar refractivity (Wildman–Crippen MR) is 170 cm³/mol. The topological polar surface area (TPSA) is 98.7 Å². The summed E-state index contributed by atoms with van der Waals surface area (Å²) in [4.78, 5) is 13.6. The Kier molecular flexibility index (Phi) is 7.90. The molecule has 2 aliphatic heterocycles. The minimum absolute atomic E-state index is 0.0746. The van der Waals surface area contributed by atoms with Crippen LogP contribution in [0.1, 0.15) is 78.6 Å². The van der Waals surface area contributed by atoms with Crippen molar-refractivity contribution in [2.24, 2.45) is 5.92 Å². The Morgan fingerprint density at radius 2 is 1.79 bits per heavy atom. The molecule has 0 aromatic heterocycles. The van der Waals surface area contributed by atoms with Gasteiger partial charge in [0.2, 0.25) is 0 Å². The molecule has 7 nitrogen and oxygen atoms in total. The van der Waals surface area contributed by atoms with Gasteiger partial charge in [0.05, 0.1) is 10.5 Å². The van der Waals surface area contributed by atoms with Gasteiger partial charge in [-0.05, 0) is 103 Å². The molecule has 0 amide bonds. The number of hydrogen-bond acceptors (Lipinski definition) is 6. The van der Waals surface area contributed by atoms with E-state index in [9.17, 15) is 18.3 Å². The van der Waals surface area contributed by atoms with E-state index in [2.05, 4.69) is 39.8 Å². The summed E-state index contributed by atoms with van der Waals surface area (Å²) >= 11 is 0. The third kappa shape index (κ3) is 5.85. The van der Waals surface area contributed by atoms with Crippen LogP contribution in [-0.2, 0) is 28.2 Å². The number of aromatic carboxylic acids is 1. The molecule has 1 aliphatic carbocycles. The fraction of sp³-hybridized carbons (Fsp3) is 0.457. The highest BCUT2D eigenvalue weighted by Gasteiger charge is 2.64. The van der Waals surface area contributed by atoms with Gasteiger partial charge in [0.1, 0.15) is 4.87 Å². The first-order valence-corrected chi connectivity index (χ1v) is 17.0. The Morgan fingerprint density at radius 3 is 2.49 bits per heavy atom. The molecule has 3 aliphatic rings. The van der Waals surface area contributed by atoms with E-state index in [4.69, 9.17) is 0 Å². The lowest BCUT2D eigenvalue weighted by Crippen LogP contribution is -2.45. The fourth-order valence-electron chi connectivity index (χ4n) is 6.99. The summed E-state index contributed by atoms with van der Waals surface area (Å²) in [7, 11) is -3.60. The van der Waals surface area contributed by atoms with E-state index < -0.39 is 20.7 Å². The van der Waals surface area contributed by atoms with Gasteiger partial charge in [-0.25, -0.2) is 13.2 Å². The Balaban J connectivity index is 1.13. The Labute approximate surface area is 255 Å². The molecule has 2 heterocycles. The second-order valence-electron chi connectivity index (χ2n) is 13.6. The molecular formula is C35H43N3O4S. The highest BCUT2D eigenvalue weighted by Crippen LogP contribution is 2.57. The number of nitrogens with one attached hydrogen (secondary N) is 2. The minimum atomic E-state index is -3.60. The molecule has 3 N–H and O–H groups in total. The molecule has 1 saturated heterocycles. The number of hydrogen-bond donors (Lipinski definition) is 3. The van der Waals surface area contributed by atoms with Crippen molar-refractivity contribution in [3.8, 4) is 0 Å². The van der Waals surface area contributed by atoms with Gasteiger partial charge in [-0.15, -0.1) is 0 Å². The van der Waals surface area contributed by atoms with E-state index in [1.807, 2.05) is 32.9 Å². The number of anilines is 1. The highest BCUT2D eigenvalue weighted by atomic mass is 32.2. The molecule has 0 bridgehead atoms. The van der Waals surface area contributed by atoms with Crippen LogP contribution in [0.25, 0.3) is 0 Å². The van der Waals surface area contributed by atoms with Gasteiger partial charge >= 0.3 is 5.97 Å². The summed E-state index contributed by atoms with van der Waals surface area (Å²) in [6, 6.07) is 21.0. The lowest BCUT2D eigenvalue weighted by Gasteiger charge is -2.33. The second-order valence-corrected chi connectivity index (χ2v) is 15.8. The zero-order chi connectivity index (χ0) is 30.4. The van der Waals surface area contributed by atoms with Crippen molar-refractivity contribution in [2.45, 2.75) is 74.1 Å². The molecule has 2 unspecified atom stereocenters. The average Bonchev–Trinajstić information content (AvgIpc) is 3.56. The smallest absolute Gasteiger partial charge is 0.335 e. The number of carboxylic acids is 1. The van der Waals surface area contributed by atoms with Gasteiger partial charge in [-0.3, -0.25) is 10.2 Å². The first kappa shape index (κ1) is 29.9. The van der Waals surface area contributed by atoms with Crippen LogP contribution in [0.5, 0.6) is 0 Å². The zero-order valence-electron chi connectivity index (χ0n) is 25.4. The van der Waals surface area contributed by atoms with Gasteiger partial charge < -0.3 is 10.4 Å². The molecule has 1 saturated carbocycles. The second kappa shape index (κ2) is 11.4. The molecule has 2 fully saturated rings. The third-order valence-corrected chi connectivity index (χ3v) is 12.1. The highest BCUT2D eigenvalue weighted by molar-refractivity contribution is 7.93. The van der Waals surface area contributed by atoms with Crippen LogP contribution in [-0.4, -0.2) is 55.4 Å². The van der Waals surface area contributed by atoms with Crippen LogP contribution in [0, 0.1) is 5.92 Å². The molecule has 3 aromatic carbocycles. The number of fused-ring (bicyclic) bond motifs is 1. The first-order valence-electron chi connectivity index (χ1n) is 15.5. The quantitative estimate of drug-likeness (QED) is 0.285. The molecule has 3 aromatic rings. The summed E-state index contributed by atoms with van der Waals surface area (Å²) in [5.41, 5.74) is 5.65. The van der Waals surface area contributed by atoms with E-state index in [-0.39, 0.29) is 11.3 Å². The summed E-state index contributed by atoms with van der Waals surface area (Å²) < 4.78 is 28.2. The van der Waals surface area contributed by atoms with Gasteiger partial charge in [0.25, 0.3) is 0 Å². The first-order chi connectivity index (χ1) is 20.5. The average molecular weight is 602 g/mol. The lowest BCUT2D eigenvalue weighted by atomic mass is 9.82. The number of nitrogens with zero attached hydrogens (tertiary/aromatic N) is 1.